The van der Waals surface area contributed by atoms with E-state index in [-0.39, 0.29) is 5.82 Å². The molecule has 1 aliphatic rings. The number of fused-ring (bicyclic) bond motifs is 3. The molecule has 1 aromatic carbocycles. The molecule has 14 heavy (non-hydrogen) atoms. The van der Waals surface area contributed by atoms with Gasteiger partial charge in [-0.25, -0.2) is 4.39 Å². The topological polar surface area (TPSA) is 28.1 Å². The van der Waals surface area contributed by atoms with Crippen LogP contribution in [0.4, 0.5) is 4.39 Å². The molecule has 1 N–H and O–H groups in total. The van der Waals surface area contributed by atoms with Crippen LogP contribution < -0.4 is 0 Å². The Kier molecular flexibility index (Phi) is 1.48. The summed E-state index contributed by atoms with van der Waals surface area (Å²) in [6.45, 7) is 0.802. The Labute approximate surface area is 80.5 Å². The number of rotatable bonds is 0. The molecule has 3 rings (SSSR count). The Balaban J connectivity index is 2.39. The molecule has 1 aromatic heterocycles. The fourth-order valence-electron chi connectivity index (χ4n) is 1.95. The number of hydrogen-bond donors (Lipinski definition) is 1. The van der Waals surface area contributed by atoms with Gasteiger partial charge >= 0.3 is 0 Å². The summed E-state index contributed by atoms with van der Waals surface area (Å²) in [5.41, 5.74) is 3.20. The van der Waals surface area contributed by atoms with Gasteiger partial charge in [0.1, 0.15) is 5.82 Å². The summed E-state index contributed by atoms with van der Waals surface area (Å²) in [5, 5.41) is 0.992. The number of aromatic nitrogens is 1. The van der Waals surface area contributed by atoms with E-state index in [9.17, 15) is 4.39 Å². The summed E-state index contributed by atoms with van der Waals surface area (Å²) in [7, 11) is 0. The van der Waals surface area contributed by atoms with Crippen molar-refractivity contribution in [3.63, 3.8) is 0 Å². The van der Waals surface area contributed by atoms with Crippen LogP contribution in [0.3, 0.4) is 0 Å². The lowest BCUT2D eigenvalue weighted by Gasteiger charge is -2.03. The summed E-state index contributed by atoms with van der Waals surface area (Å²) >= 11 is 0. The molecule has 3 heteroatoms. The second-order valence-corrected chi connectivity index (χ2v) is 3.49. The lowest BCUT2D eigenvalue weighted by molar-refractivity contribution is 0.629. The van der Waals surface area contributed by atoms with Crippen LogP contribution in [0.5, 0.6) is 0 Å². The van der Waals surface area contributed by atoms with E-state index >= 15 is 0 Å². The summed E-state index contributed by atoms with van der Waals surface area (Å²) in [4.78, 5) is 7.41. The van der Waals surface area contributed by atoms with Gasteiger partial charge in [0.15, 0.2) is 0 Å². The Morgan fingerprint density at radius 3 is 3.21 bits per heavy atom. The Morgan fingerprint density at radius 2 is 2.29 bits per heavy atom. The van der Waals surface area contributed by atoms with Gasteiger partial charge in [0.25, 0.3) is 0 Å². The molecule has 0 radical (unpaired) electrons. The van der Waals surface area contributed by atoms with E-state index in [1.165, 1.54) is 11.6 Å². The number of halogens is 1. The minimum absolute atomic E-state index is 0.179. The second kappa shape index (κ2) is 2.67. The molecule has 0 bridgehead atoms. The van der Waals surface area contributed by atoms with Gasteiger partial charge in [-0.2, -0.15) is 0 Å². The molecule has 0 unspecified atom stereocenters. The van der Waals surface area contributed by atoms with Gasteiger partial charge in [0, 0.05) is 23.7 Å². The fraction of sp³-hybridized carbons (Fsp3) is 0.182. The zero-order chi connectivity index (χ0) is 9.54. The molecule has 1 aliphatic heterocycles. The van der Waals surface area contributed by atoms with Gasteiger partial charge < -0.3 is 4.98 Å². The van der Waals surface area contributed by atoms with Crippen LogP contribution in [0, 0.1) is 5.82 Å². The van der Waals surface area contributed by atoms with Crippen LogP contribution in [0.1, 0.15) is 11.3 Å². The molecule has 0 amide bonds. The summed E-state index contributed by atoms with van der Waals surface area (Å²) < 4.78 is 13.0. The maximum Gasteiger partial charge on any atom is 0.123 e. The molecule has 0 atom stereocenters. The van der Waals surface area contributed by atoms with Gasteiger partial charge in [0.2, 0.25) is 0 Å². The van der Waals surface area contributed by atoms with E-state index in [2.05, 4.69) is 9.98 Å². The maximum atomic E-state index is 13.0. The quantitative estimate of drug-likeness (QED) is 0.657. The average Bonchev–Trinajstić information content (AvgIpc) is 2.56. The highest BCUT2D eigenvalue weighted by atomic mass is 19.1. The Morgan fingerprint density at radius 1 is 1.36 bits per heavy atom. The molecule has 70 valence electrons. The van der Waals surface area contributed by atoms with Crippen LogP contribution in [-0.4, -0.2) is 17.7 Å². The van der Waals surface area contributed by atoms with Crippen molar-refractivity contribution in [3.8, 4) is 0 Å². The Bertz CT molecular complexity index is 525. The average molecular weight is 188 g/mol. The maximum absolute atomic E-state index is 13.0. The number of nitrogens with zero attached hydrogens (tertiary/aromatic N) is 1. The SMILES string of the molecule is Fc1ccc2[nH]c3c(c2c1)CCN=C3. The number of nitrogens with one attached hydrogen (secondary N) is 1. The van der Waals surface area contributed by atoms with Gasteiger partial charge in [0.05, 0.1) is 5.69 Å². The number of aromatic amines is 1. The minimum atomic E-state index is -0.179. The van der Waals surface area contributed by atoms with Crippen molar-refractivity contribution >= 4 is 17.1 Å². The first kappa shape index (κ1) is 7.74. The highest BCUT2D eigenvalue weighted by Crippen LogP contribution is 2.24. The normalized spacial score (nSPS) is 14.6. The molecular weight excluding hydrogens is 179 g/mol. The lowest BCUT2D eigenvalue weighted by atomic mass is 10.1. The molecular formula is C11H9FN2. The lowest BCUT2D eigenvalue weighted by Crippen LogP contribution is -2.00. The monoisotopic (exact) mass is 188 g/mol. The smallest absolute Gasteiger partial charge is 0.123 e. The summed E-state index contributed by atoms with van der Waals surface area (Å²) in [5.74, 6) is -0.179. The highest BCUT2D eigenvalue weighted by molar-refractivity contribution is 5.94. The number of H-pyrrole nitrogens is 1. The predicted octanol–water partition coefficient (Wildman–Crippen LogP) is 2.28. The van der Waals surface area contributed by atoms with E-state index in [0.717, 1.165) is 29.6 Å². The minimum Gasteiger partial charge on any atom is -0.354 e. The van der Waals surface area contributed by atoms with Crippen molar-refractivity contribution in [2.45, 2.75) is 6.42 Å². The van der Waals surface area contributed by atoms with E-state index in [1.807, 2.05) is 6.21 Å². The van der Waals surface area contributed by atoms with E-state index in [4.69, 9.17) is 0 Å². The van der Waals surface area contributed by atoms with Crippen molar-refractivity contribution < 1.29 is 4.39 Å². The third-order valence-electron chi connectivity index (χ3n) is 2.61. The molecule has 2 aromatic rings. The van der Waals surface area contributed by atoms with Gasteiger partial charge in [-0.15, -0.1) is 0 Å². The van der Waals surface area contributed by atoms with Crippen molar-refractivity contribution in [1.29, 1.82) is 0 Å². The summed E-state index contributed by atoms with van der Waals surface area (Å²) in [6, 6.07) is 4.84. The Hall–Kier alpha value is -1.64. The molecule has 0 fully saturated rings. The molecule has 0 spiro atoms. The van der Waals surface area contributed by atoms with Crippen LogP contribution in [0.2, 0.25) is 0 Å². The molecule has 0 saturated heterocycles. The van der Waals surface area contributed by atoms with Crippen molar-refractivity contribution in [3.05, 3.63) is 35.3 Å². The number of benzene rings is 1. The first-order valence-corrected chi connectivity index (χ1v) is 4.64. The highest BCUT2D eigenvalue weighted by Gasteiger charge is 2.12. The number of hydrogen-bond acceptors (Lipinski definition) is 1. The van der Waals surface area contributed by atoms with E-state index < -0.39 is 0 Å². The zero-order valence-electron chi connectivity index (χ0n) is 7.55. The van der Waals surface area contributed by atoms with Crippen LogP contribution >= 0.6 is 0 Å². The van der Waals surface area contributed by atoms with E-state index in [1.54, 1.807) is 12.1 Å². The molecule has 2 heterocycles. The number of aliphatic imine (C=N–C) groups is 1. The van der Waals surface area contributed by atoms with Crippen molar-refractivity contribution in [2.75, 3.05) is 6.54 Å². The van der Waals surface area contributed by atoms with Crippen LogP contribution in [-0.2, 0) is 6.42 Å². The largest absolute Gasteiger partial charge is 0.354 e. The van der Waals surface area contributed by atoms with Crippen molar-refractivity contribution in [2.24, 2.45) is 4.99 Å². The molecule has 0 saturated carbocycles. The van der Waals surface area contributed by atoms with Crippen molar-refractivity contribution in [1.82, 2.24) is 4.98 Å². The van der Waals surface area contributed by atoms with Gasteiger partial charge in [-0.05, 0) is 30.2 Å². The predicted molar refractivity (Wildman–Crippen MR) is 54.4 cm³/mol. The molecule has 0 aliphatic carbocycles. The van der Waals surface area contributed by atoms with Gasteiger partial charge in [-0.3, -0.25) is 4.99 Å². The third-order valence-corrected chi connectivity index (χ3v) is 2.61. The first-order chi connectivity index (χ1) is 6.84. The standard InChI is InChI=1S/C11H9FN2/c12-7-1-2-10-9(5-7)8-3-4-13-6-11(8)14-10/h1-2,5-6,14H,3-4H2. The van der Waals surface area contributed by atoms with Gasteiger partial charge in [-0.1, -0.05) is 0 Å². The fourth-order valence-corrected chi connectivity index (χ4v) is 1.95. The van der Waals surface area contributed by atoms with Crippen LogP contribution in [0.25, 0.3) is 10.9 Å². The van der Waals surface area contributed by atoms with Crippen LogP contribution in [0.15, 0.2) is 23.2 Å². The first-order valence-electron chi connectivity index (χ1n) is 4.64. The van der Waals surface area contributed by atoms with E-state index in [0.29, 0.717) is 0 Å². The zero-order valence-corrected chi connectivity index (χ0v) is 7.55. The summed E-state index contributed by atoms with van der Waals surface area (Å²) in [6.07, 6.45) is 2.73. The third kappa shape index (κ3) is 0.985. The molecule has 2 nitrogen and oxygen atoms in total. The second-order valence-electron chi connectivity index (χ2n) is 3.49.